The molecule has 0 aromatic heterocycles. The van der Waals surface area contributed by atoms with Gasteiger partial charge in [-0.05, 0) is 18.3 Å². The van der Waals surface area contributed by atoms with Crippen LogP contribution >= 0.6 is 11.6 Å². The smallest absolute Gasteiger partial charge is 0.324 e. The van der Waals surface area contributed by atoms with Crippen LogP contribution in [-0.2, 0) is 4.79 Å². The molecule has 1 aliphatic carbocycles. The van der Waals surface area contributed by atoms with Crippen LogP contribution < -0.4 is 5.32 Å². The number of carbonyl (C=O) groups excluding carboxylic acids is 2. The Morgan fingerprint density at radius 3 is 2.57 bits per heavy atom. The number of hydrogen-bond donors (Lipinski definition) is 1. The molecule has 2 unspecified atom stereocenters. The van der Waals surface area contributed by atoms with Crippen molar-refractivity contribution in [2.24, 2.45) is 11.8 Å². The molecule has 3 amide bonds. The highest BCUT2D eigenvalue weighted by molar-refractivity contribution is 6.19. The van der Waals surface area contributed by atoms with Crippen molar-refractivity contribution >= 4 is 23.5 Å². The third kappa shape index (κ3) is 2.00. The van der Waals surface area contributed by atoms with Gasteiger partial charge in [0.05, 0.1) is 0 Å². The molecule has 0 bridgehead atoms. The fraction of sp³-hybridized carbons (Fsp3) is 0.778. The van der Waals surface area contributed by atoms with Crippen LogP contribution in [0.1, 0.15) is 12.8 Å². The number of urea groups is 1. The van der Waals surface area contributed by atoms with Crippen molar-refractivity contribution in [2.75, 3.05) is 19.0 Å². The summed E-state index contributed by atoms with van der Waals surface area (Å²) in [5, 5.41) is 2.33. The van der Waals surface area contributed by atoms with E-state index < -0.39 is 0 Å². The molecule has 2 atom stereocenters. The van der Waals surface area contributed by atoms with Crippen LogP contribution in [0.3, 0.4) is 0 Å². The van der Waals surface area contributed by atoms with Gasteiger partial charge >= 0.3 is 6.03 Å². The number of halogens is 1. The summed E-state index contributed by atoms with van der Waals surface area (Å²) < 4.78 is 0. The van der Waals surface area contributed by atoms with Gasteiger partial charge in [-0.3, -0.25) is 10.1 Å². The molecule has 1 aliphatic heterocycles. The predicted octanol–water partition coefficient (Wildman–Crippen LogP) is 0.803. The highest BCUT2D eigenvalue weighted by Gasteiger charge is 2.46. The van der Waals surface area contributed by atoms with Crippen molar-refractivity contribution < 1.29 is 9.59 Å². The zero-order valence-electron chi connectivity index (χ0n) is 7.83. The minimum Gasteiger partial charge on any atom is -0.324 e. The number of nitrogens with one attached hydrogen (secondary N) is 1. The number of rotatable bonds is 2. The van der Waals surface area contributed by atoms with Crippen molar-refractivity contribution in [1.29, 1.82) is 0 Å². The maximum absolute atomic E-state index is 11.4. The molecule has 0 radical (unpaired) electrons. The van der Waals surface area contributed by atoms with E-state index in [9.17, 15) is 9.59 Å². The molecule has 0 aromatic carbocycles. The molecule has 1 saturated carbocycles. The quantitative estimate of drug-likeness (QED) is 0.695. The Morgan fingerprint density at radius 2 is 2.00 bits per heavy atom. The van der Waals surface area contributed by atoms with Gasteiger partial charge < -0.3 is 4.90 Å². The number of piperidine rings is 1. The summed E-state index contributed by atoms with van der Waals surface area (Å²) >= 11 is 5.38. The first kappa shape index (κ1) is 9.77. The lowest BCUT2D eigenvalue weighted by atomic mass is 10.4. The zero-order chi connectivity index (χ0) is 10.1. The molecule has 78 valence electrons. The number of carbonyl (C=O) groups is 2. The summed E-state index contributed by atoms with van der Waals surface area (Å²) in [7, 11) is 0. The molecule has 2 rings (SSSR count). The first-order valence-corrected chi connectivity index (χ1v) is 5.39. The second-order valence-corrected chi connectivity index (χ2v) is 4.33. The van der Waals surface area contributed by atoms with Crippen LogP contribution in [0.2, 0.25) is 0 Å². The summed E-state index contributed by atoms with van der Waals surface area (Å²) in [5.41, 5.74) is 0. The predicted molar refractivity (Wildman–Crippen MR) is 52.0 cm³/mol. The highest BCUT2D eigenvalue weighted by atomic mass is 35.5. The number of fused-ring (bicyclic) bond motifs is 1. The van der Waals surface area contributed by atoms with Gasteiger partial charge in [-0.2, -0.15) is 0 Å². The molecule has 0 aromatic rings. The summed E-state index contributed by atoms with van der Waals surface area (Å²) in [6.45, 7) is 1.62. The van der Waals surface area contributed by atoms with Gasteiger partial charge in [0.2, 0.25) is 5.91 Å². The molecular formula is C9H13ClN2O2. The van der Waals surface area contributed by atoms with Crippen LogP contribution in [0.25, 0.3) is 0 Å². The monoisotopic (exact) mass is 216 g/mol. The van der Waals surface area contributed by atoms with Crippen molar-refractivity contribution in [3.05, 3.63) is 0 Å². The fourth-order valence-electron chi connectivity index (χ4n) is 1.91. The second kappa shape index (κ2) is 3.77. The second-order valence-electron chi connectivity index (χ2n) is 3.95. The highest BCUT2D eigenvalue weighted by Crippen LogP contribution is 2.44. The van der Waals surface area contributed by atoms with Gasteiger partial charge in [0.25, 0.3) is 0 Å². The maximum Gasteiger partial charge on any atom is 0.324 e. The zero-order valence-corrected chi connectivity index (χ0v) is 8.59. The Hall–Kier alpha value is -0.770. The van der Waals surface area contributed by atoms with E-state index in [0.717, 1.165) is 13.1 Å². The minimum atomic E-state index is -0.287. The van der Waals surface area contributed by atoms with E-state index in [0.29, 0.717) is 11.8 Å². The fourth-order valence-corrected chi connectivity index (χ4v) is 2.08. The third-order valence-corrected chi connectivity index (χ3v) is 3.02. The average Bonchev–Trinajstić information content (AvgIpc) is 2.74. The van der Waals surface area contributed by atoms with Crippen molar-refractivity contribution in [3.8, 4) is 0 Å². The molecule has 0 spiro atoms. The number of likely N-dealkylation sites (tertiary alicyclic amines) is 1. The number of imide groups is 1. The molecule has 14 heavy (non-hydrogen) atoms. The Morgan fingerprint density at radius 1 is 1.36 bits per heavy atom. The standard InChI is InChI=1S/C9H13ClN2O2/c10-2-1-8(13)11-9(14)12-4-6-3-7(6)5-12/h6-7H,1-5H2,(H,11,13,14). The lowest BCUT2D eigenvalue weighted by Gasteiger charge is -2.17. The SMILES string of the molecule is O=C(CCCl)NC(=O)N1CC2CC2C1. The lowest BCUT2D eigenvalue weighted by molar-refractivity contribution is -0.119. The van der Waals surface area contributed by atoms with E-state index in [-0.39, 0.29) is 24.2 Å². The van der Waals surface area contributed by atoms with Gasteiger partial charge in [0.1, 0.15) is 0 Å². The topological polar surface area (TPSA) is 49.4 Å². The van der Waals surface area contributed by atoms with E-state index in [1.54, 1.807) is 4.90 Å². The van der Waals surface area contributed by atoms with E-state index in [1.807, 2.05) is 0 Å². The number of nitrogens with zero attached hydrogens (tertiary/aromatic N) is 1. The van der Waals surface area contributed by atoms with Gasteiger partial charge in [0.15, 0.2) is 0 Å². The van der Waals surface area contributed by atoms with Crippen molar-refractivity contribution in [2.45, 2.75) is 12.8 Å². The summed E-state index contributed by atoms with van der Waals surface area (Å²) in [5.74, 6) is 1.36. The van der Waals surface area contributed by atoms with E-state index in [1.165, 1.54) is 6.42 Å². The van der Waals surface area contributed by atoms with Crippen LogP contribution in [-0.4, -0.2) is 35.8 Å². The van der Waals surface area contributed by atoms with E-state index >= 15 is 0 Å². The van der Waals surface area contributed by atoms with Crippen LogP contribution in [0.5, 0.6) is 0 Å². The first-order chi connectivity index (χ1) is 6.70. The Kier molecular flexibility index (Phi) is 2.63. The molecule has 5 heteroatoms. The van der Waals surface area contributed by atoms with Gasteiger partial charge in [0, 0.05) is 25.4 Å². The summed E-state index contributed by atoms with van der Waals surface area (Å²) in [4.78, 5) is 24.2. The summed E-state index contributed by atoms with van der Waals surface area (Å²) in [6.07, 6.45) is 1.45. The Labute approximate surface area is 87.6 Å². The number of amides is 3. The molecule has 4 nitrogen and oxygen atoms in total. The number of alkyl halides is 1. The molecule has 2 aliphatic rings. The maximum atomic E-state index is 11.4. The van der Waals surface area contributed by atoms with Crippen LogP contribution in [0.4, 0.5) is 4.79 Å². The molecule has 1 N–H and O–H groups in total. The number of hydrogen-bond acceptors (Lipinski definition) is 2. The third-order valence-electron chi connectivity index (χ3n) is 2.83. The van der Waals surface area contributed by atoms with Gasteiger partial charge in [-0.15, -0.1) is 11.6 Å². The Bertz CT molecular complexity index is 260. The minimum absolute atomic E-state index is 0.202. The molecular weight excluding hydrogens is 204 g/mol. The largest absolute Gasteiger partial charge is 0.324 e. The van der Waals surface area contributed by atoms with Gasteiger partial charge in [-0.1, -0.05) is 0 Å². The average molecular weight is 217 g/mol. The lowest BCUT2D eigenvalue weighted by Crippen LogP contribution is -2.42. The van der Waals surface area contributed by atoms with Crippen LogP contribution in [0, 0.1) is 11.8 Å². The van der Waals surface area contributed by atoms with E-state index in [2.05, 4.69) is 5.32 Å². The van der Waals surface area contributed by atoms with Gasteiger partial charge in [-0.25, -0.2) is 4.79 Å². The van der Waals surface area contributed by atoms with Crippen molar-refractivity contribution in [1.82, 2.24) is 10.2 Å². The molecule has 1 saturated heterocycles. The van der Waals surface area contributed by atoms with Crippen LogP contribution in [0.15, 0.2) is 0 Å². The Balaban J connectivity index is 1.75. The molecule has 1 heterocycles. The van der Waals surface area contributed by atoms with E-state index in [4.69, 9.17) is 11.6 Å². The molecule has 2 fully saturated rings. The summed E-state index contributed by atoms with van der Waals surface area (Å²) in [6, 6.07) is -0.257. The normalized spacial score (nSPS) is 28.5. The van der Waals surface area contributed by atoms with Crippen molar-refractivity contribution in [3.63, 3.8) is 0 Å². The first-order valence-electron chi connectivity index (χ1n) is 4.85.